The summed E-state index contributed by atoms with van der Waals surface area (Å²) in [6.07, 6.45) is 2.49. The summed E-state index contributed by atoms with van der Waals surface area (Å²) in [6.45, 7) is 3.45. The van der Waals surface area contributed by atoms with Crippen LogP contribution in [0, 0.1) is 39.9 Å². The average molecular weight is 464 g/mol. The molecular formula is C23H28F3N5O2. The van der Waals surface area contributed by atoms with Crippen molar-refractivity contribution in [2.24, 2.45) is 34.3 Å². The molecule has 2 atom stereocenters. The highest BCUT2D eigenvalue weighted by Crippen LogP contribution is 2.60. The first-order valence-corrected chi connectivity index (χ1v) is 11.2. The minimum absolute atomic E-state index is 0.0313. The molecule has 4 saturated carbocycles. The van der Waals surface area contributed by atoms with Gasteiger partial charge in [0.25, 0.3) is 5.91 Å². The zero-order chi connectivity index (χ0) is 24.2. The molecule has 1 aromatic heterocycles. The topological polar surface area (TPSA) is 114 Å². The van der Waals surface area contributed by atoms with Crippen molar-refractivity contribution in [1.82, 2.24) is 15.1 Å². The summed E-state index contributed by atoms with van der Waals surface area (Å²) < 4.78 is 42.3. The van der Waals surface area contributed by atoms with Gasteiger partial charge in [-0.15, -0.1) is 0 Å². The van der Waals surface area contributed by atoms with Crippen LogP contribution in [-0.4, -0.2) is 27.6 Å². The van der Waals surface area contributed by atoms with E-state index in [0.29, 0.717) is 23.4 Å². The molecule has 178 valence electrons. The first-order valence-electron chi connectivity index (χ1n) is 11.2. The van der Waals surface area contributed by atoms with Crippen LogP contribution in [0.2, 0.25) is 0 Å². The fourth-order valence-corrected chi connectivity index (χ4v) is 6.25. The summed E-state index contributed by atoms with van der Waals surface area (Å²) in [5.74, 6) is -0.687. The van der Waals surface area contributed by atoms with Gasteiger partial charge in [-0.1, -0.05) is 19.9 Å². The van der Waals surface area contributed by atoms with E-state index in [9.17, 15) is 22.8 Å². The molecule has 2 unspecified atom stereocenters. The molecule has 0 aliphatic heterocycles. The molecule has 1 aromatic rings. The van der Waals surface area contributed by atoms with E-state index in [4.69, 9.17) is 11.0 Å². The third-order valence-electron chi connectivity index (χ3n) is 7.60. The molecule has 3 N–H and O–H groups in total. The lowest BCUT2D eigenvalue weighted by molar-refractivity contribution is -0.145. The van der Waals surface area contributed by atoms with Gasteiger partial charge in [-0.25, -0.2) is 4.68 Å². The highest BCUT2D eigenvalue weighted by Gasteiger charge is 2.58. The average Bonchev–Trinajstić information content (AvgIpc) is 3.13. The van der Waals surface area contributed by atoms with Crippen LogP contribution in [0.4, 0.5) is 13.2 Å². The SMILES string of the molecule is CC(C)(/C=C/n1ncc(C(=O)N[C@H]2C3CC4CC2C[C@](C(N)=O)(C4)C3)c1C(F)(F)F)CC#N. The van der Waals surface area contributed by atoms with Crippen LogP contribution in [-0.2, 0) is 11.0 Å². The van der Waals surface area contributed by atoms with Crippen LogP contribution >= 0.6 is 0 Å². The smallest absolute Gasteiger partial charge is 0.369 e. The molecule has 0 aromatic carbocycles. The number of nitrogens with two attached hydrogens (primary N) is 1. The highest BCUT2D eigenvalue weighted by molar-refractivity contribution is 5.95. The molecule has 4 aliphatic rings. The molecular weight excluding hydrogens is 435 g/mol. The molecule has 7 nitrogen and oxygen atoms in total. The molecule has 10 heteroatoms. The van der Waals surface area contributed by atoms with E-state index in [0.717, 1.165) is 31.7 Å². The molecule has 0 radical (unpaired) electrons. The number of rotatable bonds is 6. The van der Waals surface area contributed by atoms with Crippen molar-refractivity contribution in [1.29, 1.82) is 5.26 Å². The van der Waals surface area contributed by atoms with Crippen LogP contribution in [0.1, 0.15) is 68.4 Å². The molecule has 1 heterocycles. The number of hydrogen-bond donors (Lipinski definition) is 2. The highest BCUT2D eigenvalue weighted by atomic mass is 19.4. The second-order valence-corrected chi connectivity index (χ2v) is 10.6. The summed E-state index contributed by atoms with van der Waals surface area (Å²) in [6, 6.07) is 1.72. The van der Waals surface area contributed by atoms with Crippen molar-refractivity contribution in [3.05, 3.63) is 23.5 Å². The predicted molar refractivity (Wildman–Crippen MR) is 113 cm³/mol. The number of alkyl halides is 3. The van der Waals surface area contributed by atoms with Crippen LogP contribution in [0.3, 0.4) is 0 Å². The Labute approximate surface area is 190 Å². The van der Waals surface area contributed by atoms with Crippen molar-refractivity contribution in [2.75, 3.05) is 0 Å². The Morgan fingerprint density at radius 2 is 1.94 bits per heavy atom. The first-order chi connectivity index (χ1) is 15.3. The zero-order valence-corrected chi connectivity index (χ0v) is 18.7. The van der Waals surface area contributed by atoms with E-state index in [2.05, 4.69) is 10.4 Å². The van der Waals surface area contributed by atoms with Gasteiger partial charge in [-0.3, -0.25) is 9.59 Å². The molecule has 5 rings (SSSR count). The summed E-state index contributed by atoms with van der Waals surface area (Å²) in [7, 11) is 0. The van der Waals surface area contributed by atoms with Crippen molar-refractivity contribution >= 4 is 18.0 Å². The van der Waals surface area contributed by atoms with E-state index in [-0.39, 0.29) is 30.2 Å². The molecule has 4 bridgehead atoms. The largest absolute Gasteiger partial charge is 0.434 e. The molecule has 33 heavy (non-hydrogen) atoms. The maximum atomic E-state index is 13.9. The second-order valence-electron chi connectivity index (χ2n) is 10.6. The van der Waals surface area contributed by atoms with Crippen LogP contribution in [0.15, 0.2) is 12.3 Å². The minimum Gasteiger partial charge on any atom is -0.369 e. The van der Waals surface area contributed by atoms with Gasteiger partial charge in [0.1, 0.15) is 0 Å². The lowest BCUT2D eigenvalue weighted by atomic mass is 9.47. The predicted octanol–water partition coefficient (Wildman–Crippen LogP) is 3.72. The van der Waals surface area contributed by atoms with Gasteiger partial charge in [-0.2, -0.15) is 23.5 Å². The number of allylic oxidation sites excluding steroid dienone is 1. The number of nitrogens with zero attached hydrogens (tertiary/aromatic N) is 3. The molecule has 4 aliphatic carbocycles. The summed E-state index contributed by atoms with van der Waals surface area (Å²) in [5.41, 5.74) is 2.81. The number of nitrogens with one attached hydrogen (secondary N) is 1. The van der Waals surface area contributed by atoms with Gasteiger partial charge in [0.15, 0.2) is 5.69 Å². The Balaban J connectivity index is 1.57. The minimum atomic E-state index is -4.80. The Hall–Kier alpha value is -2.83. The number of primary amides is 1. The fourth-order valence-electron chi connectivity index (χ4n) is 6.25. The number of carbonyl (C=O) groups is 2. The van der Waals surface area contributed by atoms with Gasteiger partial charge in [0, 0.05) is 24.1 Å². The lowest BCUT2D eigenvalue weighted by Crippen LogP contribution is -2.62. The molecule has 4 fully saturated rings. The standard InChI is InChI=1S/C23H28F3N5O2/c1-21(2,3-5-27)4-6-31-18(23(24,25)26)16(12-29-31)19(32)30-17-14-7-13-8-15(17)11-22(9-13,10-14)20(28)33/h4,6,12-15,17H,3,7-11H2,1-2H3,(H2,28,33)(H,30,32)/b6-4+/t13?,14?,15?,17-,22-. The normalized spacial score (nSPS) is 31.0. The third kappa shape index (κ3) is 4.25. The van der Waals surface area contributed by atoms with E-state index in [1.807, 2.05) is 6.07 Å². The van der Waals surface area contributed by atoms with Crippen molar-refractivity contribution in [3.8, 4) is 6.07 Å². The van der Waals surface area contributed by atoms with E-state index >= 15 is 0 Å². The zero-order valence-electron chi connectivity index (χ0n) is 18.7. The van der Waals surface area contributed by atoms with Crippen LogP contribution in [0.5, 0.6) is 0 Å². The molecule has 0 saturated heterocycles. The number of amides is 2. The van der Waals surface area contributed by atoms with Crippen molar-refractivity contribution < 1.29 is 22.8 Å². The number of carbonyl (C=O) groups excluding carboxylic acids is 2. The van der Waals surface area contributed by atoms with Gasteiger partial charge < -0.3 is 11.1 Å². The summed E-state index contributed by atoms with van der Waals surface area (Å²) in [4.78, 5) is 25.1. The quantitative estimate of drug-likeness (QED) is 0.669. The number of nitriles is 1. The van der Waals surface area contributed by atoms with E-state index in [1.165, 1.54) is 6.08 Å². The van der Waals surface area contributed by atoms with Crippen LogP contribution in [0.25, 0.3) is 6.20 Å². The van der Waals surface area contributed by atoms with Gasteiger partial charge in [0.05, 0.1) is 17.8 Å². The fraction of sp³-hybridized carbons (Fsp3) is 0.652. The monoisotopic (exact) mass is 463 g/mol. The Morgan fingerprint density at radius 3 is 2.48 bits per heavy atom. The summed E-state index contributed by atoms with van der Waals surface area (Å²) >= 11 is 0. The lowest BCUT2D eigenvalue weighted by Gasteiger charge is -2.58. The third-order valence-corrected chi connectivity index (χ3v) is 7.60. The van der Waals surface area contributed by atoms with Gasteiger partial charge >= 0.3 is 6.18 Å². The molecule has 2 amide bonds. The van der Waals surface area contributed by atoms with Crippen LogP contribution < -0.4 is 11.1 Å². The maximum Gasteiger partial charge on any atom is 0.434 e. The van der Waals surface area contributed by atoms with Crippen molar-refractivity contribution in [2.45, 2.75) is 64.6 Å². The van der Waals surface area contributed by atoms with E-state index < -0.39 is 34.2 Å². The first kappa shape index (κ1) is 23.3. The van der Waals surface area contributed by atoms with Crippen molar-refractivity contribution in [3.63, 3.8) is 0 Å². The number of aromatic nitrogens is 2. The molecule has 0 spiro atoms. The Morgan fingerprint density at radius 1 is 1.30 bits per heavy atom. The van der Waals surface area contributed by atoms with E-state index in [1.54, 1.807) is 13.8 Å². The number of hydrogen-bond acceptors (Lipinski definition) is 4. The van der Waals surface area contributed by atoms with Gasteiger partial charge in [0.2, 0.25) is 5.91 Å². The maximum absolute atomic E-state index is 13.9. The Bertz CT molecular complexity index is 1020. The van der Waals surface area contributed by atoms with Gasteiger partial charge in [-0.05, 0) is 55.3 Å². The summed E-state index contributed by atoms with van der Waals surface area (Å²) in [5, 5.41) is 15.5. The second kappa shape index (κ2) is 7.89. The number of halogens is 3. The Kier molecular flexibility index (Phi) is 5.58.